The van der Waals surface area contributed by atoms with Gasteiger partial charge in [-0.25, -0.2) is 4.99 Å². The Morgan fingerprint density at radius 1 is 1.03 bits per heavy atom. The van der Waals surface area contributed by atoms with Gasteiger partial charge in [0.1, 0.15) is 5.82 Å². The van der Waals surface area contributed by atoms with Gasteiger partial charge in [-0.15, -0.1) is 10.2 Å². The maximum absolute atomic E-state index is 5.48. The first kappa shape index (κ1) is 22.2. The molecular formula is C24H33N7O. The molecule has 1 aliphatic heterocycles. The predicted molar refractivity (Wildman–Crippen MR) is 127 cm³/mol. The number of ether oxygens (including phenoxy) is 1. The minimum Gasteiger partial charge on any atom is -0.379 e. The molecule has 1 aromatic carbocycles. The summed E-state index contributed by atoms with van der Waals surface area (Å²) in [5.41, 5.74) is 3.50. The molecule has 170 valence electrons. The second kappa shape index (κ2) is 11.6. The Morgan fingerprint density at radius 3 is 2.69 bits per heavy atom. The van der Waals surface area contributed by atoms with Gasteiger partial charge in [-0.05, 0) is 36.6 Å². The molecule has 3 aromatic rings. The van der Waals surface area contributed by atoms with Crippen molar-refractivity contribution in [3.8, 4) is 0 Å². The number of aliphatic imine (C=N–C) groups is 1. The highest BCUT2D eigenvalue weighted by Crippen LogP contribution is 2.14. The summed E-state index contributed by atoms with van der Waals surface area (Å²) >= 11 is 0. The maximum atomic E-state index is 5.48. The SMILES string of the molecule is CCNC(=NCc1ccccc1CN1CCOCC1)NCCCc1nnc2ccccn12. The summed E-state index contributed by atoms with van der Waals surface area (Å²) in [6, 6.07) is 14.6. The van der Waals surface area contributed by atoms with Crippen LogP contribution in [-0.2, 0) is 24.2 Å². The highest BCUT2D eigenvalue weighted by atomic mass is 16.5. The predicted octanol–water partition coefficient (Wildman–Crippen LogP) is 2.25. The number of fused-ring (bicyclic) bond motifs is 1. The molecule has 0 spiro atoms. The molecule has 1 saturated heterocycles. The number of aromatic nitrogens is 3. The van der Waals surface area contributed by atoms with Crippen molar-refractivity contribution in [2.45, 2.75) is 32.9 Å². The van der Waals surface area contributed by atoms with Crippen LogP contribution in [0.2, 0.25) is 0 Å². The molecule has 8 nitrogen and oxygen atoms in total. The van der Waals surface area contributed by atoms with Gasteiger partial charge in [0.2, 0.25) is 0 Å². The van der Waals surface area contributed by atoms with E-state index in [9.17, 15) is 0 Å². The number of aryl methyl sites for hydroxylation is 1. The minimum atomic E-state index is 0.657. The quantitative estimate of drug-likeness (QED) is 0.305. The Kier molecular flexibility index (Phi) is 8.05. The van der Waals surface area contributed by atoms with E-state index in [0.717, 1.165) is 76.2 Å². The largest absolute Gasteiger partial charge is 0.379 e. The topological polar surface area (TPSA) is 79.1 Å². The monoisotopic (exact) mass is 435 g/mol. The van der Waals surface area contributed by atoms with Crippen molar-refractivity contribution in [1.82, 2.24) is 30.1 Å². The molecule has 3 heterocycles. The lowest BCUT2D eigenvalue weighted by atomic mass is 10.1. The second-order valence-electron chi connectivity index (χ2n) is 7.93. The molecule has 1 aliphatic rings. The maximum Gasteiger partial charge on any atom is 0.191 e. The summed E-state index contributed by atoms with van der Waals surface area (Å²) in [5.74, 6) is 1.83. The molecule has 2 aromatic heterocycles. The lowest BCUT2D eigenvalue weighted by Gasteiger charge is -2.27. The molecule has 2 N–H and O–H groups in total. The Balaban J connectivity index is 1.31. The van der Waals surface area contributed by atoms with Crippen LogP contribution in [0.5, 0.6) is 0 Å². The standard InChI is InChI=1S/C24H33N7O/c1-2-25-24(26-12-7-11-23-29-28-22-10-5-6-13-31(22)23)27-18-20-8-3-4-9-21(20)19-30-14-16-32-17-15-30/h3-6,8-10,13H,2,7,11-12,14-19H2,1H3,(H2,25,26,27). The first-order valence-corrected chi connectivity index (χ1v) is 11.5. The molecule has 0 bridgehead atoms. The molecule has 0 saturated carbocycles. The molecule has 0 atom stereocenters. The first-order valence-electron chi connectivity index (χ1n) is 11.5. The number of morpholine rings is 1. The summed E-state index contributed by atoms with van der Waals surface area (Å²) in [6.45, 7) is 8.96. The van der Waals surface area contributed by atoms with Crippen LogP contribution in [0.1, 0.15) is 30.3 Å². The van der Waals surface area contributed by atoms with E-state index in [2.05, 4.69) is 56.9 Å². The van der Waals surface area contributed by atoms with Crippen LogP contribution in [0, 0.1) is 0 Å². The highest BCUT2D eigenvalue weighted by molar-refractivity contribution is 5.79. The summed E-state index contributed by atoms with van der Waals surface area (Å²) < 4.78 is 7.52. The van der Waals surface area contributed by atoms with E-state index in [-0.39, 0.29) is 0 Å². The normalized spacial score (nSPS) is 15.2. The van der Waals surface area contributed by atoms with Crippen LogP contribution in [-0.4, -0.2) is 64.9 Å². The van der Waals surface area contributed by atoms with E-state index >= 15 is 0 Å². The fourth-order valence-electron chi connectivity index (χ4n) is 3.89. The van der Waals surface area contributed by atoms with Crippen molar-refractivity contribution in [2.24, 2.45) is 4.99 Å². The molecule has 0 unspecified atom stereocenters. The van der Waals surface area contributed by atoms with Crippen molar-refractivity contribution < 1.29 is 4.74 Å². The van der Waals surface area contributed by atoms with E-state index in [4.69, 9.17) is 9.73 Å². The minimum absolute atomic E-state index is 0.657. The molecule has 1 fully saturated rings. The molecule has 8 heteroatoms. The zero-order valence-electron chi connectivity index (χ0n) is 18.8. The van der Waals surface area contributed by atoms with Crippen LogP contribution in [0.25, 0.3) is 5.65 Å². The van der Waals surface area contributed by atoms with Crippen molar-refractivity contribution in [3.05, 3.63) is 65.6 Å². The second-order valence-corrected chi connectivity index (χ2v) is 7.93. The van der Waals surface area contributed by atoms with Crippen molar-refractivity contribution in [1.29, 1.82) is 0 Å². The average Bonchev–Trinajstić information content (AvgIpc) is 3.25. The fraction of sp³-hybridized carbons (Fsp3) is 0.458. The summed E-state index contributed by atoms with van der Waals surface area (Å²) in [5, 5.41) is 15.3. The Labute approximate surface area is 189 Å². The van der Waals surface area contributed by atoms with E-state index in [1.807, 2.05) is 28.8 Å². The molecular weight excluding hydrogens is 402 g/mol. The zero-order chi connectivity index (χ0) is 22.0. The van der Waals surface area contributed by atoms with Gasteiger partial charge in [0.05, 0.1) is 19.8 Å². The number of rotatable bonds is 9. The third kappa shape index (κ3) is 6.05. The molecule has 0 radical (unpaired) electrons. The molecule has 4 rings (SSSR count). The van der Waals surface area contributed by atoms with Crippen LogP contribution < -0.4 is 10.6 Å². The number of nitrogens with one attached hydrogen (secondary N) is 2. The number of guanidine groups is 1. The highest BCUT2D eigenvalue weighted by Gasteiger charge is 2.12. The number of pyridine rings is 1. The third-order valence-electron chi connectivity index (χ3n) is 5.62. The molecule has 32 heavy (non-hydrogen) atoms. The lowest BCUT2D eigenvalue weighted by Crippen LogP contribution is -2.38. The first-order chi connectivity index (χ1) is 15.8. The van der Waals surface area contributed by atoms with Crippen molar-refractivity contribution in [3.63, 3.8) is 0 Å². The molecule has 0 aliphatic carbocycles. The van der Waals surface area contributed by atoms with Gasteiger partial charge in [-0.3, -0.25) is 9.30 Å². The van der Waals surface area contributed by atoms with E-state index < -0.39 is 0 Å². The zero-order valence-corrected chi connectivity index (χ0v) is 18.8. The summed E-state index contributed by atoms with van der Waals surface area (Å²) in [4.78, 5) is 7.29. The number of hydrogen-bond acceptors (Lipinski definition) is 5. The molecule has 0 amide bonds. The number of nitrogens with zero attached hydrogens (tertiary/aromatic N) is 5. The van der Waals surface area contributed by atoms with Gasteiger partial charge < -0.3 is 15.4 Å². The lowest BCUT2D eigenvalue weighted by molar-refractivity contribution is 0.0341. The van der Waals surface area contributed by atoms with Crippen LogP contribution >= 0.6 is 0 Å². The number of benzene rings is 1. The van der Waals surface area contributed by atoms with Crippen LogP contribution in [0.3, 0.4) is 0 Å². The average molecular weight is 436 g/mol. The third-order valence-corrected chi connectivity index (χ3v) is 5.62. The van der Waals surface area contributed by atoms with E-state index in [1.165, 1.54) is 11.1 Å². The van der Waals surface area contributed by atoms with E-state index in [0.29, 0.717) is 6.54 Å². The Bertz CT molecular complexity index is 1010. The van der Waals surface area contributed by atoms with Gasteiger partial charge in [0.25, 0.3) is 0 Å². The van der Waals surface area contributed by atoms with Crippen LogP contribution in [0.4, 0.5) is 0 Å². The van der Waals surface area contributed by atoms with Gasteiger partial charge in [-0.2, -0.15) is 0 Å². The van der Waals surface area contributed by atoms with Crippen molar-refractivity contribution in [2.75, 3.05) is 39.4 Å². The number of hydrogen-bond donors (Lipinski definition) is 2. The van der Waals surface area contributed by atoms with Gasteiger partial charge in [-0.1, -0.05) is 30.3 Å². The van der Waals surface area contributed by atoms with Gasteiger partial charge >= 0.3 is 0 Å². The Hall–Kier alpha value is -2.97. The van der Waals surface area contributed by atoms with E-state index in [1.54, 1.807) is 0 Å². The van der Waals surface area contributed by atoms with Gasteiger partial charge in [0, 0.05) is 45.3 Å². The van der Waals surface area contributed by atoms with Gasteiger partial charge in [0.15, 0.2) is 11.6 Å². The summed E-state index contributed by atoms with van der Waals surface area (Å²) in [7, 11) is 0. The fourth-order valence-corrected chi connectivity index (χ4v) is 3.89. The smallest absolute Gasteiger partial charge is 0.191 e. The Morgan fingerprint density at radius 2 is 1.84 bits per heavy atom. The summed E-state index contributed by atoms with van der Waals surface area (Å²) in [6.07, 6.45) is 3.83. The van der Waals surface area contributed by atoms with Crippen LogP contribution in [0.15, 0.2) is 53.7 Å². The van der Waals surface area contributed by atoms with Crippen molar-refractivity contribution >= 4 is 11.6 Å².